The Morgan fingerprint density at radius 2 is 0.459 bits per heavy atom. The van der Waals surface area contributed by atoms with E-state index in [0.29, 0.717) is 34.9 Å². The van der Waals surface area contributed by atoms with E-state index < -0.39 is 0 Å². The lowest BCUT2D eigenvalue weighted by atomic mass is 10.0. The Hall–Kier alpha value is -7.87. The molecule has 8 aromatic carbocycles. The maximum absolute atomic E-state index is 5.00. The van der Waals surface area contributed by atoms with Crippen molar-refractivity contribution in [2.75, 3.05) is 0 Å². The molecule has 0 atom stereocenters. The van der Waals surface area contributed by atoms with Crippen LogP contribution in [0.4, 0.5) is 0 Å². The molecular weight excluding hydrogens is 765 g/mol. The average Bonchev–Trinajstić information content (AvgIpc) is 3.35. The fourth-order valence-electron chi connectivity index (χ4n) is 7.23. The first kappa shape index (κ1) is 37.4. The van der Waals surface area contributed by atoms with Crippen LogP contribution in [0.3, 0.4) is 0 Å². The molecule has 2 heterocycles. The van der Waals surface area contributed by atoms with Crippen LogP contribution in [0.15, 0.2) is 228 Å². The Kier molecular flexibility index (Phi) is 10.5. The van der Waals surface area contributed by atoms with Gasteiger partial charge in [-0.3, -0.25) is 0 Å². The molecule has 0 saturated carbocycles. The van der Waals surface area contributed by atoms with Gasteiger partial charge in [-0.2, -0.15) is 0 Å². The SMILES string of the molecule is c1ccc(-c2nc(-c3ccccc3)nc(-c3cccc(-c4ccccc4Sc4ccccc4-c4cccc(-c5nc(-c6ccccc6)nc(-c6ccccc6)n5)c4)c3)n2)cc1. The van der Waals surface area contributed by atoms with Crippen LogP contribution >= 0.6 is 11.8 Å². The molecule has 288 valence electrons. The van der Waals surface area contributed by atoms with Gasteiger partial charge in [0.15, 0.2) is 34.9 Å². The topological polar surface area (TPSA) is 77.3 Å². The summed E-state index contributed by atoms with van der Waals surface area (Å²) in [5, 5.41) is 0. The molecule has 0 spiro atoms. The number of nitrogens with zero attached hydrogens (tertiary/aromatic N) is 6. The van der Waals surface area contributed by atoms with Crippen molar-refractivity contribution in [1.82, 2.24) is 29.9 Å². The van der Waals surface area contributed by atoms with E-state index in [1.807, 2.05) is 121 Å². The highest BCUT2D eigenvalue weighted by Gasteiger charge is 2.17. The zero-order chi connectivity index (χ0) is 40.8. The summed E-state index contributed by atoms with van der Waals surface area (Å²) >= 11 is 1.75. The van der Waals surface area contributed by atoms with E-state index in [4.69, 9.17) is 29.9 Å². The Labute approximate surface area is 358 Å². The van der Waals surface area contributed by atoms with Crippen LogP contribution in [-0.2, 0) is 0 Å². The standard InChI is InChI=1S/C54H36N6S/c1-5-19-37(20-6-1)49-55-50(38-21-7-2-8-22-38)58-53(57-49)43-29-17-27-41(35-43)45-31-13-15-33-47(45)61-48-34-16-14-32-46(48)42-28-18-30-44(36-42)54-59-51(39-23-9-3-10-24-39)56-52(60-54)40-25-11-4-12-26-40/h1-36H. The number of rotatable bonds is 10. The van der Waals surface area contributed by atoms with Crippen molar-refractivity contribution >= 4 is 11.8 Å². The highest BCUT2D eigenvalue weighted by atomic mass is 32.2. The molecule has 10 aromatic rings. The van der Waals surface area contributed by atoms with Crippen LogP contribution in [0.2, 0.25) is 0 Å². The van der Waals surface area contributed by atoms with Crippen LogP contribution < -0.4 is 0 Å². The Bertz CT molecular complexity index is 2780. The molecule has 2 aromatic heterocycles. The lowest BCUT2D eigenvalue weighted by molar-refractivity contribution is 1.07. The van der Waals surface area contributed by atoms with Crippen molar-refractivity contribution in [2.45, 2.75) is 9.79 Å². The molecule has 0 aliphatic rings. The largest absolute Gasteiger partial charge is 0.208 e. The predicted molar refractivity (Wildman–Crippen MR) is 247 cm³/mol. The third kappa shape index (κ3) is 8.23. The predicted octanol–water partition coefficient (Wildman–Crippen LogP) is 13.5. The normalized spacial score (nSPS) is 11.0. The van der Waals surface area contributed by atoms with Crippen LogP contribution in [0, 0.1) is 0 Å². The number of aromatic nitrogens is 6. The fourth-order valence-corrected chi connectivity index (χ4v) is 8.36. The van der Waals surface area contributed by atoms with Gasteiger partial charge in [-0.25, -0.2) is 29.9 Å². The van der Waals surface area contributed by atoms with E-state index in [2.05, 4.69) is 97.1 Å². The summed E-state index contributed by atoms with van der Waals surface area (Å²) in [5.41, 5.74) is 9.95. The third-order valence-corrected chi connectivity index (χ3v) is 11.4. The number of hydrogen-bond acceptors (Lipinski definition) is 7. The minimum Gasteiger partial charge on any atom is -0.208 e. The molecule has 0 fully saturated rings. The molecule has 0 unspecified atom stereocenters. The second-order valence-corrected chi connectivity index (χ2v) is 15.4. The number of benzene rings is 8. The second kappa shape index (κ2) is 17.2. The molecule has 0 amide bonds. The van der Waals surface area contributed by atoms with Crippen molar-refractivity contribution in [2.24, 2.45) is 0 Å². The molecule has 0 aliphatic heterocycles. The summed E-state index contributed by atoms with van der Waals surface area (Å²) in [7, 11) is 0. The summed E-state index contributed by atoms with van der Waals surface area (Å²) in [6.07, 6.45) is 0. The van der Waals surface area contributed by atoms with Gasteiger partial charge in [0.2, 0.25) is 0 Å². The summed E-state index contributed by atoms with van der Waals surface area (Å²) < 4.78 is 0. The van der Waals surface area contributed by atoms with E-state index in [-0.39, 0.29) is 0 Å². The molecule has 0 bridgehead atoms. The third-order valence-electron chi connectivity index (χ3n) is 10.3. The van der Waals surface area contributed by atoms with E-state index in [9.17, 15) is 0 Å². The van der Waals surface area contributed by atoms with Crippen molar-refractivity contribution in [3.05, 3.63) is 218 Å². The van der Waals surface area contributed by atoms with Crippen LogP contribution in [-0.4, -0.2) is 29.9 Å². The lowest BCUT2D eigenvalue weighted by Crippen LogP contribution is -2.00. The molecular formula is C54H36N6S. The first-order chi connectivity index (χ1) is 30.2. The highest BCUT2D eigenvalue weighted by molar-refractivity contribution is 7.99. The second-order valence-electron chi connectivity index (χ2n) is 14.3. The van der Waals surface area contributed by atoms with Crippen LogP contribution in [0.25, 0.3) is 90.6 Å². The molecule has 61 heavy (non-hydrogen) atoms. The van der Waals surface area contributed by atoms with Gasteiger partial charge in [-0.15, -0.1) is 0 Å². The Morgan fingerprint density at radius 1 is 0.213 bits per heavy atom. The summed E-state index contributed by atoms with van der Waals surface area (Å²) in [5.74, 6) is 3.78. The molecule has 6 nitrogen and oxygen atoms in total. The van der Waals surface area contributed by atoms with Gasteiger partial charge in [0, 0.05) is 43.2 Å². The molecule has 0 aliphatic carbocycles. The monoisotopic (exact) mass is 800 g/mol. The lowest BCUT2D eigenvalue weighted by Gasteiger charge is -2.14. The van der Waals surface area contributed by atoms with Gasteiger partial charge in [0.1, 0.15) is 0 Å². The molecule has 0 N–H and O–H groups in total. The maximum atomic E-state index is 5.00. The molecule has 0 saturated heterocycles. The maximum Gasteiger partial charge on any atom is 0.164 e. The van der Waals surface area contributed by atoms with Gasteiger partial charge in [0.25, 0.3) is 0 Å². The molecule has 7 heteroatoms. The van der Waals surface area contributed by atoms with E-state index in [1.165, 1.54) is 0 Å². The fraction of sp³-hybridized carbons (Fsp3) is 0. The minimum absolute atomic E-state index is 0.620. The van der Waals surface area contributed by atoms with Gasteiger partial charge in [0.05, 0.1) is 0 Å². The summed E-state index contributed by atoms with van der Waals surface area (Å²) in [6.45, 7) is 0. The first-order valence-corrected chi connectivity index (χ1v) is 20.8. The van der Waals surface area contributed by atoms with E-state index >= 15 is 0 Å². The van der Waals surface area contributed by atoms with E-state index in [0.717, 1.165) is 65.4 Å². The first-order valence-electron chi connectivity index (χ1n) is 20.0. The van der Waals surface area contributed by atoms with Crippen molar-refractivity contribution in [3.63, 3.8) is 0 Å². The minimum atomic E-state index is 0.620. The van der Waals surface area contributed by atoms with Gasteiger partial charge < -0.3 is 0 Å². The molecule has 0 radical (unpaired) electrons. The Balaban J connectivity index is 1.00. The van der Waals surface area contributed by atoms with Crippen molar-refractivity contribution in [3.8, 4) is 90.6 Å². The van der Waals surface area contributed by atoms with Gasteiger partial charge in [-0.1, -0.05) is 206 Å². The number of hydrogen-bond donors (Lipinski definition) is 0. The smallest absolute Gasteiger partial charge is 0.164 e. The van der Waals surface area contributed by atoms with E-state index in [1.54, 1.807) is 11.8 Å². The summed E-state index contributed by atoms with van der Waals surface area (Å²) in [4.78, 5) is 32.0. The van der Waals surface area contributed by atoms with Crippen molar-refractivity contribution in [1.29, 1.82) is 0 Å². The quantitative estimate of drug-likeness (QED) is 0.136. The van der Waals surface area contributed by atoms with Crippen molar-refractivity contribution < 1.29 is 0 Å². The zero-order valence-electron chi connectivity index (χ0n) is 32.9. The highest BCUT2D eigenvalue weighted by Crippen LogP contribution is 2.42. The molecule has 10 rings (SSSR count). The zero-order valence-corrected chi connectivity index (χ0v) is 33.7. The van der Waals surface area contributed by atoms with Crippen LogP contribution in [0.5, 0.6) is 0 Å². The Morgan fingerprint density at radius 3 is 0.787 bits per heavy atom. The van der Waals surface area contributed by atoms with Gasteiger partial charge in [-0.05, 0) is 46.5 Å². The van der Waals surface area contributed by atoms with Crippen LogP contribution in [0.1, 0.15) is 0 Å². The summed E-state index contributed by atoms with van der Waals surface area (Å²) in [6, 6.07) is 74.3. The van der Waals surface area contributed by atoms with Gasteiger partial charge >= 0.3 is 0 Å². The average molecular weight is 801 g/mol.